The van der Waals surface area contributed by atoms with Gasteiger partial charge in [-0.3, -0.25) is 38.5 Å². The van der Waals surface area contributed by atoms with Crippen molar-refractivity contribution in [3.8, 4) is 5.75 Å². The van der Waals surface area contributed by atoms with E-state index in [2.05, 4.69) is 26.6 Å². The number of nitrogens with one attached hydrogen (secondary N) is 5. The van der Waals surface area contributed by atoms with Crippen LogP contribution in [0.25, 0.3) is 0 Å². The lowest BCUT2D eigenvalue weighted by Gasteiger charge is -2.34. The first kappa shape index (κ1) is 65.7. The van der Waals surface area contributed by atoms with E-state index in [4.69, 9.17) is 14.2 Å². The molecule has 0 aromatic heterocycles. The third-order valence-corrected chi connectivity index (χ3v) is 14.2. The summed E-state index contributed by atoms with van der Waals surface area (Å²) in [7, 11) is 4.51. The molecule has 6 amide bonds. The van der Waals surface area contributed by atoms with Crippen LogP contribution in [-0.2, 0) is 60.9 Å². The maximum atomic E-state index is 14.7. The van der Waals surface area contributed by atoms with E-state index in [1.807, 2.05) is 33.8 Å². The Kier molecular flexibility index (Phi) is 26.7. The van der Waals surface area contributed by atoms with Crippen molar-refractivity contribution in [3.63, 3.8) is 0 Å². The second kappa shape index (κ2) is 31.7. The number of carboxylic acid groups (broad SMARTS) is 1. The molecule has 0 bridgehead atoms. The van der Waals surface area contributed by atoms with Crippen molar-refractivity contribution in [1.82, 2.24) is 36.4 Å². The number of hydrogen-bond donors (Lipinski definition) is 7. The summed E-state index contributed by atoms with van der Waals surface area (Å²) < 4.78 is 16.7. The molecule has 0 saturated carbocycles. The van der Waals surface area contributed by atoms with Crippen LogP contribution in [0, 0.1) is 29.6 Å². The molecule has 7 N–H and O–H groups in total. The van der Waals surface area contributed by atoms with Gasteiger partial charge in [-0.1, -0.05) is 104 Å². The van der Waals surface area contributed by atoms with Gasteiger partial charge in [0.15, 0.2) is 5.78 Å². The Hall–Kier alpha value is -6.61. The Labute approximate surface area is 460 Å². The number of benzene rings is 2. The molecule has 1 saturated heterocycles. The number of ketones is 1. The Balaban J connectivity index is 1.89. The third kappa shape index (κ3) is 19.7. The van der Waals surface area contributed by atoms with Gasteiger partial charge in [0.1, 0.15) is 48.7 Å². The molecular weight excluding hydrogens is 1010 g/mol. The minimum Gasteiger partial charge on any atom is -0.497 e. The van der Waals surface area contributed by atoms with Crippen LogP contribution in [0.15, 0.2) is 54.6 Å². The van der Waals surface area contributed by atoms with Crippen molar-refractivity contribution in [3.05, 3.63) is 65.7 Å². The first-order chi connectivity index (χ1) is 36.7. The minimum atomic E-state index is -1.61. The van der Waals surface area contributed by atoms with E-state index in [0.29, 0.717) is 18.6 Å². The number of carbonyl (C=O) groups excluding carboxylic acids is 8. The standard InChI is InChI=1S/C57H87N7O14/c1-14-35(8)48(45(65)30-46(66)60-47(34(6)7)50(67)36(9)51(68)59-41(27-32(2)3)54(71)64-26-18-21-43(64)55(72)73)61-53(70)49(37(10)78-56(74)42(58-11)29-38-22-24-40(76-13)25-23-38)62-52(69)44(28-33(4)5)63(12)57(75)77-31-39-19-16-15-17-20-39/h15-17,19-20,22-25,32-37,41-45,47-49,58,65H,14,18,21,26-31H2,1-13H3,(H,59,68)(H,60,66)(H,61,70)(H,62,69)(H,72,73)/t35-,36-,37+,41-,42-,43-,44+,45-,47-,48+,49-/m0/s1. The summed E-state index contributed by atoms with van der Waals surface area (Å²) in [5, 5.41) is 35.4. The first-order valence-corrected chi connectivity index (χ1v) is 27.1. The van der Waals surface area contributed by atoms with Crippen molar-refractivity contribution >= 4 is 53.4 Å². The maximum Gasteiger partial charge on any atom is 0.410 e. The highest BCUT2D eigenvalue weighted by atomic mass is 16.6. The van der Waals surface area contributed by atoms with E-state index in [-0.39, 0.29) is 50.7 Å². The number of likely N-dealkylation sites (N-methyl/N-ethyl adjacent to an activating group) is 2. The Morgan fingerprint density at radius 3 is 1.94 bits per heavy atom. The minimum absolute atomic E-state index is 0.0659. The molecular formula is C57H87N7O14. The van der Waals surface area contributed by atoms with E-state index < -0.39 is 132 Å². The predicted molar refractivity (Wildman–Crippen MR) is 291 cm³/mol. The molecule has 0 radical (unpaired) electrons. The van der Waals surface area contributed by atoms with Gasteiger partial charge in [-0.25, -0.2) is 9.59 Å². The summed E-state index contributed by atoms with van der Waals surface area (Å²) in [6.07, 6.45) is -2.67. The van der Waals surface area contributed by atoms with Gasteiger partial charge in [0.05, 0.1) is 37.6 Å². The smallest absolute Gasteiger partial charge is 0.410 e. The number of aliphatic hydroxyl groups is 1. The molecule has 3 rings (SSSR count). The average Bonchev–Trinajstić information content (AvgIpc) is 3.90. The summed E-state index contributed by atoms with van der Waals surface area (Å²) in [4.78, 5) is 126. The van der Waals surface area contributed by atoms with Gasteiger partial charge < -0.3 is 55.9 Å². The van der Waals surface area contributed by atoms with Crippen molar-refractivity contribution < 1.29 is 67.6 Å². The van der Waals surface area contributed by atoms with Gasteiger partial charge in [-0.15, -0.1) is 0 Å². The second-order valence-corrected chi connectivity index (χ2v) is 21.6. The van der Waals surface area contributed by atoms with Crippen LogP contribution < -0.4 is 31.3 Å². The molecule has 1 aliphatic rings. The lowest BCUT2D eigenvalue weighted by atomic mass is 9.89. The number of esters is 1. The fraction of sp³-hybridized carbons (Fsp3) is 0.632. The highest BCUT2D eigenvalue weighted by molar-refractivity contribution is 6.05. The summed E-state index contributed by atoms with van der Waals surface area (Å²) >= 11 is 0. The molecule has 2 aromatic carbocycles. The van der Waals surface area contributed by atoms with E-state index in [1.165, 1.54) is 32.9 Å². The Morgan fingerprint density at radius 2 is 1.38 bits per heavy atom. The number of aliphatic hydroxyl groups excluding tert-OH is 1. The van der Waals surface area contributed by atoms with Crippen LogP contribution in [0.4, 0.5) is 4.79 Å². The molecule has 0 aliphatic carbocycles. The summed E-state index contributed by atoms with van der Waals surface area (Å²) in [5.74, 6) is -8.32. The van der Waals surface area contributed by atoms with Gasteiger partial charge in [0, 0.05) is 13.6 Å². The highest BCUT2D eigenvalue weighted by Gasteiger charge is 2.42. The summed E-state index contributed by atoms with van der Waals surface area (Å²) in [6, 6.07) is 7.87. The van der Waals surface area contributed by atoms with Crippen molar-refractivity contribution in [2.75, 3.05) is 27.7 Å². The average molecular weight is 1090 g/mol. The SMILES string of the molecule is CC[C@H](C)[C@@H](NC(=O)[C@@H](NC(=O)[C@@H](CC(C)C)N(C)C(=O)OCc1ccccc1)[C@@H](C)OC(=O)[C@H](Cc1ccc(OC)cc1)NC)[C@@H](O)CC(=O)N[C@H](C(=O)[C@H](C)C(=O)N[C@@H](CC(C)C)C(=O)N1CCC[C@H]1C(=O)O)C(C)C. The topological polar surface area (TPSA) is 288 Å². The molecule has 78 heavy (non-hydrogen) atoms. The predicted octanol–water partition coefficient (Wildman–Crippen LogP) is 4.16. The zero-order valence-electron chi connectivity index (χ0n) is 47.8. The van der Waals surface area contributed by atoms with Gasteiger partial charge in [-0.2, -0.15) is 0 Å². The number of carbonyl (C=O) groups is 9. The molecule has 1 heterocycles. The largest absolute Gasteiger partial charge is 0.497 e. The number of amides is 6. The lowest BCUT2D eigenvalue weighted by Crippen LogP contribution is -2.61. The number of carboxylic acids is 1. The lowest BCUT2D eigenvalue weighted by molar-refractivity contribution is -0.155. The summed E-state index contributed by atoms with van der Waals surface area (Å²) in [5.41, 5.74) is 1.50. The number of methoxy groups -OCH3 is 1. The fourth-order valence-corrected chi connectivity index (χ4v) is 9.23. The number of likely N-dealkylation sites (tertiary alicyclic amines) is 1. The van der Waals surface area contributed by atoms with E-state index in [0.717, 1.165) is 16.0 Å². The van der Waals surface area contributed by atoms with Crippen LogP contribution in [0.5, 0.6) is 5.75 Å². The number of Topliss-reactive ketones (excluding diaryl/α,β-unsaturated/α-hetero) is 1. The molecule has 1 fully saturated rings. The Morgan fingerprint density at radius 1 is 0.756 bits per heavy atom. The van der Waals surface area contributed by atoms with Crippen LogP contribution >= 0.6 is 0 Å². The van der Waals surface area contributed by atoms with Crippen molar-refractivity contribution in [2.24, 2.45) is 29.6 Å². The number of ether oxygens (including phenoxy) is 3. The molecule has 2 aromatic rings. The monoisotopic (exact) mass is 1090 g/mol. The zero-order valence-corrected chi connectivity index (χ0v) is 47.8. The first-order valence-electron chi connectivity index (χ1n) is 27.1. The van der Waals surface area contributed by atoms with E-state index >= 15 is 0 Å². The fourth-order valence-electron chi connectivity index (χ4n) is 9.23. The molecule has 0 unspecified atom stereocenters. The van der Waals surface area contributed by atoms with Crippen LogP contribution in [-0.4, -0.2) is 156 Å². The number of aliphatic carboxylic acids is 1. The normalized spacial score (nSPS) is 17.2. The highest BCUT2D eigenvalue weighted by Crippen LogP contribution is 2.23. The Bertz CT molecular complexity index is 2320. The van der Waals surface area contributed by atoms with E-state index in [1.54, 1.807) is 83.3 Å². The quantitative estimate of drug-likeness (QED) is 0.0412. The number of hydrogen-bond acceptors (Lipinski definition) is 14. The van der Waals surface area contributed by atoms with Crippen LogP contribution in [0.2, 0.25) is 0 Å². The van der Waals surface area contributed by atoms with Gasteiger partial charge in [0.25, 0.3) is 0 Å². The zero-order chi connectivity index (χ0) is 58.6. The number of rotatable bonds is 31. The van der Waals surface area contributed by atoms with Gasteiger partial charge in [-0.05, 0) is 99.9 Å². The van der Waals surface area contributed by atoms with Gasteiger partial charge >= 0.3 is 18.0 Å². The van der Waals surface area contributed by atoms with Crippen LogP contribution in [0.3, 0.4) is 0 Å². The van der Waals surface area contributed by atoms with Crippen molar-refractivity contribution in [1.29, 1.82) is 0 Å². The maximum absolute atomic E-state index is 14.7. The molecule has 434 valence electrons. The molecule has 0 spiro atoms. The second-order valence-electron chi connectivity index (χ2n) is 21.6. The van der Waals surface area contributed by atoms with Crippen LogP contribution in [0.1, 0.15) is 119 Å². The summed E-state index contributed by atoms with van der Waals surface area (Å²) in [6.45, 7) is 17.2. The number of nitrogens with zero attached hydrogens (tertiary/aromatic N) is 2. The molecule has 11 atom stereocenters. The molecule has 21 heteroatoms. The van der Waals surface area contributed by atoms with Gasteiger partial charge in [0.2, 0.25) is 29.5 Å². The molecule has 21 nitrogen and oxygen atoms in total. The van der Waals surface area contributed by atoms with E-state index in [9.17, 15) is 53.4 Å². The third-order valence-electron chi connectivity index (χ3n) is 14.2. The molecule has 1 aliphatic heterocycles. The van der Waals surface area contributed by atoms with Crippen molar-refractivity contribution in [2.45, 2.75) is 175 Å².